The normalized spacial score (nSPS) is 20.1. The molecule has 1 heterocycles. The summed E-state index contributed by atoms with van der Waals surface area (Å²) in [5.74, 6) is -2.12. The van der Waals surface area contributed by atoms with Crippen LogP contribution in [0.25, 0.3) is 0 Å². The lowest BCUT2D eigenvalue weighted by molar-refractivity contribution is 0.362. The topological polar surface area (TPSA) is 21.3 Å². The summed E-state index contributed by atoms with van der Waals surface area (Å²) >= 11 is 5.63. The monoisotopic (exact) mass is 247 g/mol. The molecule has 0 saturated carbocycles. The third kappa shape index (κ3) is 1.87. The van der Waals surface area contributed by atoms with Crippen LogP contribution in [0.15, 0.2) is 6.07 Å². The number of nitrogens with one attached hydrogen (secondary N) is 1. The lowest BCUT2D eigenvalue weighted by atomic mass is 10.0. The molecule has 16 heavy (non-hydrogen) atoms. The highest BCUT2D eigenvalue weighted by molar-refractivity contribution is 6.30. The highest BCUT2D eigenvalue weighted by atomic mass is 35.5. The van der Waals surface area contributed by atoms with Gasteiger partial charge in [-0.15, -0.1) is 0 Å². The molecule has 2 rings (SSSR count). The minimum atomic E-state index is -1.06. The van der Waals surface area contributed by atoms with Gasteiger partial charge in [-0.05, 0) is 25.5 Å². The molecular formula is C11H12ClF2NO. The van der Waals surface area contributed by atoms with Crippen LogP contribution in [0, 0.1) is 11.6 Å². The molecule has 1 aliphatic rings. The summed E-state index contributed by atoms with van der Waals surface area (Å²) in [6.45, 7) is 0.866. The third-order valence-corrected chi connectivity index (χ3v) is 3.06. The van der Waals surface area contributed by atoms with E-state index in [0.717, 1.165) is 19.4 Å². The zero-order valence-corrected chi connectivity index (χ0v) is 9.57. The molecule has 1 aromatic carbocycles. The van der Waals surface area contributed by atoms with E-state index in [4.69, 9.17) is 16.3 Å². The number of benzene rings is 1. The van der Waals surface area contributed by atoms with Gasteiger partial charge in [0.25, 0.3) is 0 Å². The van der Waals surface area contributed by atoms with E-state index in [2.05, 4.69) is 5.32 Å². The van der Waals surface area contributed by atoms with Crippen molar-refractivity contribution in [2.24, 2.45) is 0 Å². The molecule has 0 aliphatic carbocycles. The molecule has 0 aromatic heterocycles. The highest BCUT2D eigenvalue weighted by Gasteiger charge is 2.25. The zero-order chi connectivity index (χ0) is 11.7. The molecule has 88 valence electrons. The van der Waals surface area contributed by atoms with Crippen molar-refractivity contribution >= 4 is 11.6 Å². The Balaban J connectivity index is 2.50. The van der Waals surface area contributed by atoms with Crippen molar-refractivity contribution in [1.29, 1.82) is 0 Å². The van der Waals surface area contributed by atoms with Crippen LogP contribution in [0.5, 0.6) is 5.75 Å². The first-order chi connectivity index (χ1) is 7.65. The largest absolute Gasteiger partial charge is 0.493 e. The van der Waals surface area contributed by atoms with Gasteiger partial charge in [0.15, 0.2) is 11.6 Å². The zero-order valence-electron chi connectivity index (χ0n) is 8.82. The van der Waals surface area contributed by atoms with E-state index in [1.165, 1.54) is 13.2 Å². The van der Waals surface area contributed by atoms with E-state index in [0.29, 0.717) is 5.56 Å². The van der Waals surface area contributed by atoms with Gasteiger partial charge in [-0.25, -0.2) is 4.39 Å². The van der Waals surface area contributed by atoms with Crippen LogP contribution in [-0.2, 0) is 0 Å². The van der Waals surface area contributed by atoms with Crippen LogP contribution in [0.4, 0.5) is 8.78 Å². The molecule has 5 heteroatoms. The highest BCUT2D eigenvalue weighted by Crippen LogP contribution is 2.36. The molecule has 1 aromatic rings. The maximum atomic E-state index is 13.6. The first kappa shape index (κ1) is 11.6. The van der Waals surface area contributed by atoms with Gasteiger partial charge in [-0.3, -0.25) is 0 Å². The summed E-state index contributed by atoms with van der Waals surface area (Å²) in [5, 5.41) is 2.99. The predicted molar refractivity (Wildman–Crippen MR) is 57.9 cm³/mol. The molecule has 1 fully saturated rings. The average molecular weight is 248 g/mol. The van der Waals surface area contributed by atoms with Crippen LogP contribution in [0.3, 0.4) is 0 Å². The number of halogens is 3. The fraction of sp³-hybridized carbons (Fsp3) is 0.455. The molecule has 2 nitrogen and oxygen atoms in total. The summed E-state index contributed by atoms with van der Waals surface area (Å²) in [7, 11) is 1.32. The Morgan fingerprint density at radius 3 is 2.75 bits per heavy atom. The van der Waals surface area contributed by atoms with Crippen LogP contribution in [0.1, 0.15) is 24.4 Å². The molecule has 1 saturated heterocycles. The quantitative estimate of drug-likeness (QED) is 0.811. The Hall–Kier alpha value is -0.870. The van der Waals surface area contributed by atoms with Crippen LogP contribution in [0.2, 0.25) is 5.02 Å². The number of rotatable bonds is 2. The Morgan fingerprint density at radius 2 is 2.19 bits per heavy atom. The van der Waals surface area contributed by atoms with Gasteiger partial charge in [-0.1, -0.05) is 11.6 Å². The van der Waals surface area contributed by atoms with E-state index in [1.807, 2.05) is 0 Å². The second-order valence-electron chi connectivity index (χ2n) is 3.76. The molecule has 1 N–H and O–H groups in total. The van der Waals surface area contributed by atoms with Gasteiger partial charge in [0, 0.05) is 11.6 Å². The average Bonchev–Trinajstić information content (AvgIpc) is 2.79. The van der Waals surface area contributed by atoms with Crippen molar-refractivity contribution in [3.8, 4) is 5.75 Å². The van der Waals surface area contributed by atoms with Gasteiger partial charge in [0.05, 0.1) is 12.1 Å². The minimum absolute atomic E-state index is 0.0115. The van der Waals surface area contributed by atoms with Crippen molar-refractivity contribution < 1.29 is 13.5 Å². The Kier molecular flexibility index (Phi) is 3.30. The molecule has 0 spiro atoms. The Bertz CT molecular complexity index is 405. The number of methoxy groups -OCH3 is 1. The smallest absolute Gasteiger partial charge is 0.202 e. The number of ether oxygens (including phenoxy) is 1. The van der Waals surface area contributed by atoms with Crippen molar-refractivity contribution in [1.82, 2.24) is 5.32 Å². The first-order valence-corrected chi connectivity index (χ1v) is 5.47. The minimum Gasteiger partial charge on any atom is -0.493 e. The summed E-state index contributed by atoms with van der Waals surface area (Å²) in [4.78, 5) is 0. The van der Waals surface area contributed by atoms with E-state index >= 15 is 0 Å². The van der Waals surface area contributed by atoms with Crippen molar-refractivity contribution in [3.63, 3.8) is 0 Å². The molecule has 1 aliphatic heterocycles. The summed E-state index contributed by atoms with van der Waals surface area (Å²) in [5.41, 5.74) is 0.587. The van der Waals surface area contributed by atoms with Gasteiger partial charge >= 0.3 is 0 Å². The van der Waals surface area contributed by atoms with Crippen LogP contribution >= 0.6 is 11.6 Å². The lowest BCUT2D eigenvalue weighted by Gasteiger charge is -2.16. The summed E-state index contributed by atoms with van der Waals surface area (Å²) < 4.78 is 31.7. The standard InChI is InChI=1S/C11H12ClF2NO/c1-16-11-6(8-3-2-4-15-8)5-7(12)9(13)10(11)14/h5,8,15H,2-4H2,1H3. The number of hydrogen-bond donors (Lipinski definition) is 1. The van der Waals surface area contributed by atoms with Gasteiger partial charge < -0.3 is 10.1 Å². The van der Waals surface area contributed by atoms with Gasteiger partial charge in [0.1, 0.15) is 0 Å². The van der Waals surface area contributed by atoms with E-state index in [9.17, 15) is 8.78 Å². The third-order valence-electron chi connectivity index (χ3n) is 2.79. The molecule has 1 unspecified atom stereocenters. The molecule has 0 radical (unpaired) electrons. The fourth-order valence-corrected chi connectivity index (χ4v) is 2.21. The van der Waals surface area contributed by atoms with E-state index < -0.39 is 11.6 Å². The molecular weight excluding hydrogens is 236 g/mol. The Morgan fingerprint density at radius 1 is 1.44 bits per heavy atom. The second-order valence-corrected chi connectivity index (χ2v) is 4.16. The lowest BCUT2D eigenvalue weighted by Crippen LogP contribution is -2.15. The van der Waals surface area contributed by atoms with E-state index in [1.54, 1.807) is 0 Å². The maximum absolute atomic E-state index is 13.6. The molecule has 0 amide bonds. The van der Waals surface area contributed by atoms with Gasteiger partial charge in [-0.2, -0.15) is 4.39 Å². The number of hydrogen-bond acceptors (Lipinski definition) is 2. The van der Waals surface area contributed by atoms with Crippen molar-refractivity contribution in [2.75, 3.05) is 13.7 Å². The van der Waals surface area contributed by atoms with Gasteiger partial charge in [0.2, 0.25) is 5.82 Å². The second kappa shape index (κ2) is 4.55. The van der Waals surface area contributed by atoms with Crippen molar-refractivity contribution in [2.45, 2.75) is 18.9 Å². The summed E-state index contributed by atoms with van der Waals surface area (Å²) in [6.07, 6.45) is 1.88. The van der Waals surface area contributed by atoms with Crippen LogP contribution in [-0.4, -0.2) is 13.7 Å². The maximum Gasteiger partial charge on any atom is 0.202 e. The summed E-state index contributed by atoms with van der Waals surface area (Å²) in [6, 6.07) is 1.42. The fourth-order valence-electron chi connectivity index (χ4n) is 2.01. The van der Waals surface area contributed by atoms with E-state index in [-0.39, 0.29) is 16.8 Å². The first-order valence-electron chi connectivity index (χ1n) is 5.10. The van der Waals surface area contributed by atoms with Crippen LogP contribution < -0.4 is 10.1 Å². The SMILES string of the molecule is COc1c(C2CCCN2)cc(Cl)c(F)c1F. The predicted octanol–water partition coefficient (Wildman–Crippen LogP) is 3.05. The molecule has 0 bridgehead atoms. The Labute approximate surface area is 97.5 Å². The van der Waals surface area contributed by atoms with Crippen molar-refractivity contribution in [3.05, 3.63) is 28.3 Å². The molecule has 1 atom stereocenters.